The fourth-order valence-corrected chi connectivity index (χ4v) is 1.71. The number of hydrogen-bond acceptors (Lipinski definition) is 1. The van der Waals surface area contributed by atoms with Crippen LogP contribution in [0.3, 0.4) is 0 Å². The Labute approximate surface area is 82.4 Å². The van der Waals surface area contributed by atoms with E-state index in [9.17, 15) is 9.18 Å². The van der Waals surface area contributed by atoms with Crippen LogP contribution in [0, 0.1) is 20.8 Å². The van der Waals surface area contributed by atoms with Gasteiger partial charge in [-0.05, 0) is 31.9 Å². The molecule has 0 aliphatic carbocycles. The summed E-state index contributed by atoms with van der Waals surface area (Å²) < 4.78 is 13.3. The van der Waals surface area contributed by atoms with Crippen molar-refractivity contribution in [1.29, 1.82) is 0 Å². The molecule has 0 fully saturated rings. The quantitative estimate of drug-likeness (QED) is 0.789. The molecule has 2 nitrogen and oxygen atoms in total. The second-order valence-electron chi connectivity index (χ2n) is 3.51. The predicted octanol–water partition coefficient (Wildman–Crippen LogP) is 2.71. The first kappa shape index (κ1) is 10.7. The molecule has 0 heterocycles. The molecular formula is C11H13FO2. The van der Waals surface area contributed by atoms with Crippen molar-refractivity contribution in [3.63, 3.8) is 0 Å². The van der Waals surface area contributed by atoms with Crippen LogP contribution in [-0.2, 0) is 4.79 Å². The van der Waals surface area contributed by atoms with Gasteiger partial charge in [0.2, 0.25) is 6.17 Å². The summed E-state index contributed by atoms with van der Waals surface area (Å²) >= 11 is 0. The largest absolute Gasteiger partial charge is 0.479 e. The van der Waals surface area contributed by atoms with E-state index in [0.29, 0.717) is 11.1 Å². The van der Waals surface area contributed by atoms with Crippen LogP contribution in [0.15, 0.2) is 12.1 Å². The molecule has 0 saturated heterocycles. The monoisotopic (exact) mass is 196 g/mol. The Bertz CT molecular complexity index is 349. The molecule has 3 heteroatoms. The molecule has 1 N–H and O–H groups in total. The molecule has 14 heavy (non-hydrogen) atoms. The van der Waals surface area contributed by atoms with Crippen molar-refractivity contribution in [2.75, 3.05) is 0 Å². The Kier molecular flexibility index (Phi) is 2.89. The Morgan fingerprint density at radius 2 is 1.71 bits per heavy atom. The summed E-state index contributed by atoms with van der Waals surface area (Å²) in [5, 5.41) is 8.58. The lowest BCUT2D eigenvalue weighted by molar-refractivity contribution is -0.143. The van der Waals surface area contributed by atoms with Crippen molar-refractivity contribution >= 4 is 5.97 Å². The van der Waals surface area contributed by atoms with Gasteiger partial charge in [0.15, 0.2) is 0 Å². The van der Waals surface area contributed by atoms with Crippen LogP contribution in [0.4, 0.5) is 4.39 Å². The molecule has 1 unspecified atom stereocenters. The molecule has 0 aromatic heterocycles. The number of carboxylic acid groups (broad SMARTS) is 1. The number of rotatable bonds is 2. The van der Waals surface area contributed by atoms with Crippen molar-refractivity contribution < 1.29 is 14.3 Å². The molecule has 1 aromatic carbocycles. The number of benzene rings is 1. The van der Waals surface area contributed by atoms with Crippen LogP contribution < -0.4 is 0 Å². The maximum absolute atomic E-state index is 13.3. The minimum Gasteiger partial charge on any atom is -0.479 e. The maximum atomic E-state index is 13.3. The number of aryl methyl sites for hydroxylation is 3. The average molecular weight is 196 g/mol. The van der Waals surface area contributed by atoms with Crippen molar-refractivity contribution in [2.45, 2.75) is 26.9 Å². The highest BCUT2D eigenvalue weighted by Crippen LogP contribution is 2.26. The zero-order chi connectivity index (χ0) is 10.9. The van der Waals surface area contributed by atoms with Gasteiger partial charge in [0.05, 0.1) is 0 Å². The molecule has 0 aliphatic rings. The van der Waals surface area contributed by atoms with Crippen LogP contribution in [0.2, 0.25) is 0 Å². The minimum atomic E-state index is -1.92. The highest BCUT2D eigenvalue weighted by Gasteiger charge is 2.22. The summed E-state index contributed by atoms with van der Waals surface area (Å²) in [5.74, 6) is -1.43. The van der Waals surface area contributed by atoms with E-state index in [-0.39, 0.29) is 5.56 Å². The molecule has 0 aliphatic heterocycles. The number of hydrogen-bond donors (Lipinski definition) is 1. The number of carbonyl (C=O) groups is 1. The van der Waals surface area contributed by atoms with Crippen LogP contribution in [0.1, 0.15) is 28.4 Å². The summed E-state index contributed by atoms with van der Waals surface area (Å²) in [4.78, 5) is 10.5. The lowest BCUT2D eigenvalue weighted by Gasteiger charge is -2.12. The molecule has 0 radical (unpaired) electrons. The first-order valence-corrected chi connectivity index (χ1v) is 4.38. The van der Waals surface area contributed by atoms with Gasteiger partial charge in [-0.2, -0.15) is 0 Å². The molecule has 1 aromatic rings. The van der Waals surface area contributed by atoms with E-state index < -0.39 is 12.1 Å². The highest BCUT2D eigenvalue weighted by atomic mass is 19.1. The van der Waals surface area contributed by atoms with Gasteiger partial charge >= 0.3 is 5.97 Å². The SMILES string of the molecule is Cc1cc(C)c(C(F)C(=O)O)c(C)c1. The molecule has 0 spiro atoms. The van der Waals surface area contributed by atoms with Gasteiger partial charge in [-0.3, -0.25) is 0 Å². The van der Waals surface area contributed by atoms with E-state index in [2.05, 4.69) is 0 Å². The second kappa shape index (κ2) is 3.78. The number of aliphatic carboxylic acids is 1. The number of alkyl halides is 1. The maximum Gasteiger partial charge on any atom is 0.343 e. The van der Waals surface area contributed by atoms with E-state index in [4.69, 9.17) is 5.11 Å². The lowest BCUT2D eigenvalue weighted by Crippen LogP contribution is -2.09. The third-order valence-electron chi connectivity index (χ3n) is 2.21. The Morgan fingerprint density at radius 3 is 2.07 bits per heavy atom. The molecular weight excluding hydrogens is 183 g/mol. The lowest BCUT2D eigenvalue weighted by atomic mass is 9.96. The first-order valence-electron chi connectivity index (χ1n) is 4.38. The minimum absolute atomic E-state index is 0.281. The van der Waals surface area contributed by atoms with Crippen LogP contribution in [0.5, 0.6) is 0 Å². The fourth-order valence-electron chi connectivity index (χ4n) is 1.71. The van der Waals surface area contributed by atoms with Crippen molar-refractivity contribution in [3.05, 3.63) is 34.4 Å². The van der Waals surface area contributed by atoms with Crippen LogP contribution >= 0.6 is 0 Å². The van der Waals surface area contributed by atoms with E-state index >= 15 is 0 Å². The topological polar surface area (TPSA) is 37.3 Å². The summed E-state index contributed by atoms with van der Waals surface area (Å²) in [7, 11) is 0. The van der Waals surface area contributed by atoms with Crippen molar-refractivity contribution in [3.8, 4) is 0 Å². The van der Waals surface area contributed by atoms with E-state index in [1.807, 2.05) is 6.92 Å². The van der Waals surface area contributed by atoms with Gasteiger partial charge in [0, 0.05) is 5.56 Å². The third-order valence-corrected chi connectivity index (χ3v) is 2.21. The molecule has 76 valence electrons. The van der Waals surface area contributed by atoms with Gasteiger partial charge in [-0.15, -0.1) is 0 Å². The standard InChI is InChI=1S/C11H13FO2/c1-6-4-7(2)9(8(3)5-6)10(12)11(13)14/h4-5,10H,1-3H3,(H,13,14). The second-order valence-corrected chi connectivity index (χ2v) is 3.51. The number of carboxylic acids is 1. The Morgan fingerprint density at radius 1 is 1.29 bits per heavy atom. The fraction of sp³-hybridized carbons (Fsp3) is 0.364. The third kappa shape index (κ3) is 1.92. The predicted molar refractivity (Wildman–Crippen MR) is 52.1 cm³/mol. The summed E-state index contributed by atoms with van der Waals surface area (Å²) in [5.41, 5.74) is 2.68. The smallest absolute Gasteiger partial charge is 0.343 e. The average Bonchev–Trinajstić information content (AvgIpc) is 2.01. The zero-order valence-electron chi connectivity index (χ0n) is 8.47. The summed E-state index contributed by atoms with van der Waals surface area (Å²) in [6.45, 7) is 5.35. The normalized spacial score (nSPS) is 12.6. The van der Waals surface area contributed by atoms with E-state index in [1.165, 1.54) is 0 Å². The summed E-state index contributed by atoms with van der Waals surface area (Å²) in [6.07, 6.45) is -1.92. The Balaban J connectivity index is 3.27. The molecule has 0 amide bonds. The van der Waals surface area contributed by atoms with Crippen molar-refractivity contribution in [1.82, 2.24) is 0 Å². The molecule has 1 rings (SSSR count). The molecule has 1 atom stereocenters. The molecule has 0 saturated carbocycles. The van der Waals surface area contributed by atoms with Gasteiger partial charge in [0.25, 0.3) is 0 Å². The van der Waals surface area contributed by atoms with Gasteiger partial charge in [-0.25, -0.2) is 9.18 Å². The first-order chi connectivity index (χ1) is 6.43. The van der Waals surface area contributed by atoms with Crippen molar-refractivity contribution in [2.24, 2.45) is 0 Å². The van der Waals surface area contributed by atoms with Crippen LogP contribution in [0.25, 0.3) is 0 Å². The zero-order valence-corrected chi connectivity index (χ0v) is 8.47. The molecule has 0 bridgehead atoms. The number of halogens is 1. The van der Waals surface area contributed by atoms with E-state index in [0.717, 1.165) is 5.56 Å². The summed E-state index contributed by atoms with van der Waals surface area (Å²) in [6, 6.07) is 3.58. The van der Waals surface area contributed by atoms with Crippen LogP contribution in [-0.4, -0.2) is 11.1 Å². The van der Waals surface area contributed by atoms with Gasteiger partial charge in [-0.1, -0.05) is 17.7 Å². The van der Waals surface area contributed by atoms with Gasteiger partial charge in [0.1, 0.15) is 0 Å². The highest BCUT2D eigenvalue weighted by molar-refractivity contribution is 5.75. The van der Waals surface area contributed by atoms with Gasteiger partial charge < -0.3 is 5.11 Å². The van der Waals surface area contributed by atoms with E-state index in [1.54, 1.807) is 26.0 Å². The Hall–Kier alpha value is -1.38.